The van der Waals surface area contributed by atoms with Crippen LogP contribution in [-0.2, 0) is 9.53 Å². The van der Waals surface area contributed by atoms with E-state index < -0.39 is 0 Å². The molecule has 4 heteroatoms. The predicted octanol–water partition coefficient (Wildman–Crippen LogP) is 3.04. The minimum absolute atomic E-state index is 0.00927. The number of hydrogen-bond donors (Lipinski definition) is 0. The lowest BCUT2D eigenvalue weighted by atomic mass is 10.1. The number of carbonyl (C=O) groups is 1. The lowest BCUT2D eigenvalue weighted by Crippen LogP contribution is -2.26. The van der Waals surface area contributed by atoms with Gasteiger partial charge in [0, 0.05) is 24.4 Å². The quantitative estimate of drug-likeness (QED) is 0.749. The minimum atomic E-state index is -0.0700. The van der Waals surface area contributed by atoms with Crippen molar-refractivity contribution in [2.24, 2.45) is 16.8 Å². The zero-order valence-electron chi connectivity index (χ0n) is 12.9. The maximum atomic E-state index is 11.9. The average molecular weight is 286 g/mol. The summed E-state index contributed by atoms with van der Waals surface area (Å²) in [6.45, 7) is 7.47. The normalized spacial score (nSPS) is 27.7. The summed E-state index contributed by atoms with van der Waals surface area (Å²) in [5.74, 6) is 1.18. The van der Waals surface area contributed by atoms with Gasteiger partial charge < -0.3 is 9.64 Å². The van der Waals surface area contributed by atoms with Crippen molar-refractivity contribution in [3.8, 4) is 0 Å². The first kappa shape index (κ1) is 14.1. The average Bonchev–Trinajstić information content (AvgIpc) is 3.24. The van der Waals surface area contributed by atoms with E-state index in [9.17, 15) is 4.79 Å². The number of nitrogens with zero attached hydrogens (tertiary/aromatic N) is 2. The van der Waals surface area contributed by atoms with Crippen LogP contribution < -0.4 is 0 Å². The van der Waals surface area contributed by atoms with Crippen LogP contribution in [0, 0.1) is 11.8 Å². The Balaban J connectivity index is 1.82. The highest BCUT2D eigenvalue weighted by Gasteiger charge is 2.47. The molecule has 0 amide bonds. The van der Waals surface area contributed by atoms with Crippen LogP contribution in [0.3, 0.4) is 0 Å². The van der Waals surface area contributed by atoms with Crippen molar-refractivity contribution in [2.45, 2.75) is 33.6 Å². The molecule has 0 aromatic heterocycles. The number of esters is 1. The largest absolute Gasteiger partial charge is 0.466 e. The van der Waals surface area contributed by atoms with Crippen LogP contribution in [0.2, 0.25) is 0 Å². The molecule has 0 bridgehead atoms. The van der Waals surface area contributed by atoms with E-state index in [4.69, 9.17) is 9.73 Å². The number of allylic oxidation sites excluding steroid dienone is 3. The van der Waals surface area contributed by atoms with Crippen LogP contribution in [-0.4, -0.2) is 29.9 Å². The van der Waals surface area contributed by atoms with E-state index in [1.54, 1.807) is 0 Å². The number of hydrogen-bond acceptors (Lipinski definition) is 4. The molecule has 1 aliphatic carbocycles. The van der Waals surface area contributed by atoms with Gasteiger partial charge in [-0.15, -0.1) is 0 Å². The summed E-state index contributed by atoms with van der Waals surface area (Å²) in [5, 5.41) is 0. The summed E-state index contributed by atoms with van der Waals surface area (Å²) in [6, 6.07) is 0. The van der Waals surface area contributed by atoms with Crippen molar-refractivity contribution >= 4 is 11.8 Å². The monoisotopic (exact) mass is 286 g/mol. The highest BCUT2D eigenvalue weighted by atomic mass is 16.5. The van der Waals surface area contributed by atoms with Crippen molar-refractivity contribution in [3.63, 3.8) is 0 Å². The second-order valence-electron chi connectivity index (χ2n) is 5.98. The van der Waals surface area contributed by atoms with E-state index >= 15 is 0 Å². The standard InChI is InChI=1S/C17H22N2O2/c1-4-21-17(20)14-10-13(14)16-12(3)6-8-19-7-5-11(2)9-15(19)18-16/h5,7,9,13-14H,4,6,8,10H2,1-3H3. The van der Waals surface area contributed by atoms with Gasteiger partial charge in [-0.25, -0.2) is 4.99 Å². The Kier molecular flexibility index (Phi) is 3.70. The maximum absolute atomic E-state index is 11.9. The Hall–Kier alpha value is -1.84. The van der Waals surface area contributed by atoms with Gasteiger partial charge in [-0.1, -0.05) is 0 Å². The zero-order valence-corrected chi connectivity index (χ0v) is 12.9. The second-order valence-corrected chi connectivity index (χ2v) is 5.98. The van der Waals surface area contributed by atoms with Crippen LogP contribution in [0.1, 0.15) is 33.6 Å². The first-order chi connectivity index (χ1) is 10.1. The minimum Gasteiger partial charge on any atom is -0.466 e. The predicted molar refractivity (Wildman–Crippen MR) is 82.6 cm³/mol. The Morgan fingerprint density at radius 1 is 1.48 bits per heavy atom. The van der Waals surface area contributed by atoms with Gasteiger partial charge in [0.2, 0.25) is 0 Å². The lowest BCUT2D eigenvalue weighted by Gasteiger charge is -2.21. The molecular formula is C17H22N2O2. The number of rotatable bonds is 3. The van der Waals surface area contributed by atoms with Gasteiger partial charge in [0.1, 0.15) is 5.84 Å². The molecule has 2 atom stereocenters. The second kappa shape index (κ2) is 5.51. The van der Waals surface area contributed by atoms with Crippen molar-refractivity contribution in [2.75, 3.05) is 13.2 Å². The molecule has 0 spiro atoms. The van der Waals surface area contributed by atoms with Gasteiger partial charge in [-0.05, 0) is 56.9 Å². The number of fused-ring (bicyclic) bond motifs is 1. The molecule has 1 saturated carbocycles. The van der Waals surface area contributed by atoms with E-state index in [1.807, 2.05) is 6.92 Å². The lowest BCUT2D eigenvalue weighted by molar-refractivity contribution is -0.144. The van der Waals surface area contributed by atoms with Gasteiger partial charge in [0.05, 0.1) is 12.5 Å². The van der Waals surface area contributed by atoms with Crippen molar-refractivity contribution in [1.29, 1.82) is 0 Å². The molecule has 4 nitrogen and oxygen atoms in total. The van der Waals surface area contributed by atoms with Gasteiger partial charge >= 0.3 is 5.97 Å². The van der Waals surface area contributed by atoms with Crippen LogP contribution in [0.15, 0.2) is 40.2 Å². The third-order valence-electron chi connectivity index (χ3n) is 4.30. The van der Waals surface area contributed by atoms with Crippen LogP contribution in [0.4, 0.5) is 0 Å². The fourth-order valence-electron chi connectivity index (χ4n) is 2.95. The van der Waals surface area contributed by atoms with Crippen molar-refractivity contribution in [1.82, 2.24) is 4.90 Å². The molecule has 2 heterocycles. The van der Waals surface area contributed by atoms with Crippen molar-refractivity contribution < 1.29 is 9.53 Å². The number of aliphatic imine (C=N–C) groups is 1. The molecular weight excluding hydrogens is 264 g/mol. The molecule has 3 aliphatic rings. The van der Waals surface area contributed by atoms with Crippen LogP contribution in [0.25, 0.3) is 0 Å². The van der Waals surface area contributed by atoms with Crippen LogP contribution in [0.5, 0.6) is 0 Å². The first-order valence-electron chi connectivity index (χ1n) is 7.68. The van der Waals surface area contributed by atoms with Gasteiger partial charge in [0.15, 0.2) is 0 Å². The maximum Gasteiger partial charge on any atom is 0.309 e. The molecule has 0 aromatic rings. The van der Waals surface area contributed by atoms with E-state index in [0.29, 0.717) is 6.61 Å². The number of ether oxygens (including phenoxy) is 1. The molecule has 112 valence electrons. The fourth-order valence-corrected chi connectivity index (χ4v) is 2.95. The Bertz CT molecular complexity index is 584. The fraction of sp³-hybridized carbons (Fsp3) is 0.529. The summed E-state index contributed by atoms with van der Waals surface area (Å²) < 4.78 is 5.13. The number of carbonyl (C=O) groups excluding carboxylic acids is 1. The van der Waals surface area contributed by atoms with Crippen molar-refractivity contribution in [3.05, 3.63) is 35.2 Å². The molecule has 0 saturated heterocycles. The third-order valence-corrected chi connectivity index (χ3v) is 4.30. The smallest absolute Gasteiger partial charge is 0.309 e. The van der Waals surface area contributed by atoms with Crippen LogP contribution >= 0.6 is 0 Å². The molecule has 1 fully saturated rings. The van der Waals surface area contributed by atoms with E-state index in [0.717, 1.165) is 30.9 Å². The highest BCUT2D eigenvalue weighted by Crippen LogP contribution is 2.47. The Morgan fingerprint density at radius 3 is 3.05 bits per heavy atom. The SMILES string of the molecule is CCOC(=O)C1CC1C1=C(C)CCN2C=CC(C)=CC2=N1. The van der Waals surface area contributed by atoms with Gasteiger partial charge in [-0.3, -0.25) is 4.79 Å². The molecule has 0 N–H and O–H groups in total. The summed E-state index contributed by atoms with van der Waals surface area (Å²) >= 11 is 0. The molecule has 0 aromatic carbocycles. The number of amidine groups is 1. The molecule has 3 rings (SSSR count). The third kappa shape index (κ3) is 2.80. The summed E-state index contributed by atoms with van der Waals surface area (Å²) in [5.41, 5.74) is 3.61. The summed E-state index contributed by atoms with van der Waals surface area (Å²) in [4.78, 5) is 18.9. The topological polar surface area (TPSA) is 41.9 Å². The highest BCUT2D eigenvalue weighted by molar-refractivity contribution is 5.96. The molecule has 2 unspecified atom stereocenters. The zero-order chi connectivity index (χ0) is 15.0. The van der Waals surface area contributed by atoms with E-state index in [-0.39, 0.29) is 17.8 Å². The van der Waals surface area contributed by atoms with Gasteiger partial charge in [-0.2, -0.15) is 0 Å². The molecule has 21 heavy (non-hydrogen) atoms. The summed E-state index contributed by atoms with van der Waals surface area (Å²) in [6.07, 6.45) is 8.19. The molecule has 2 aliphatic heterocycles. The first-order valence-corrected chi connectivity index (χ1v) is 7.68. The van der Waals surface area contributed by atoms with E-state index in [2.05, 4.69) is 37.1 Å². The van der Waals surface area contributed by atoms with E-state index in [1.165, 1.54) is 11.1 Å². The van der Waals surface area contributed by atoms with Gasteiger partial charge in [0.25, 0.3) is 0 Å². The summed E-state index contributed by atoms with van der Waals surface area (Å²) in [7, 11) is 0. The Labute approximate surface area is 125 Å². The molecule has 0 radical (unpaired) electrons. The Morgan fingerprint density at radius 2 is 2.29 bits per heavy atom.